The summed E-state index contributed by atoms with van der Waals surface area (Å²) in [6.45, 7) is 3.90. The van der Waals surface area contributed by atoms with E-state index in [2.05, 4.69) is 15.9 Å². The highest BCUT2D eigenvalue weighted by atomic mass is 79.9. The Balaban J connectivity index is 3.36. The van der Waals surface area contributed by atoms with E-state index in [4.69, 9.17) is 23.2 Å². The third-order valence-electron chi connectivity index (χ3n) is 3.06. The van der Waals surface area contributed by atoms with Crippen molar-refractivity contribution in [2.75, 3.05) is 7.05 Å². The number of rotatable bonds is 5. The van der Waals surface area contributed by atoms with E-state index in [0.717, 1.165) is 12.8 Å². The van der Waals surface area contributed by atoms with Gasteiger partial charge in [-0.05, 0) is 25.0 Å². The SMILES string of the molecule is CCC(CC)N(C)S(=O)(=O)c1c(Cl)cc(Br)cc1Cl. The zero-order valence-corrected chi connectivity index (χ0v) is 14.9. The van der Waals surface area contributed by atoms with Gasteiger partial charge in [-0.1, -0.05) is 53.0 Å². The summed E-state index contributed by atoms with van der Waals surface area (Å²) in [4.78, 5) is -0.0339. The molecule has 0 radical (unpaired) electrons. The van der Waals surface area contributed by atoms with Crippen LogP contribution in [0.3, 0.4) is 0 Å². The van der Waals surface area contributed by atoms with Crippen LogP contribution in [0.2, 0.25) is 10.0 Å². The molecule has 0 aliphatic carbocycles. The molecule has 3 nitrogen and oxygen atoms in total. The van der Waals surface area contributed by atoms with Crippen molar-refractivity contribution in [1.82, 2.24) is 4.31 Å². The summed E-state index contributed by atoms with van der Waals surface area (Å²) >= 11 is 15.3. The topological polar surface area (TPSA) is 37.4 Å². The first-order valence-corrected chi connectivity index (χ1v) is 8.87. The molecule has 0 aliphatic heterocycles. The van der Waals surface area contributed by atoms with Gasteiger partial charge < -0.3 is 0 Å². The first-order chi connectivity index (χ1) is 8.75. The van der Waals surface area contributed by atoms with Crippen molar-refractivity contribution in [1.29, 1.82) is 0 Å². The number of hydrogen-bond donors (Lipinski definition) is 0. The quantitative estimate of drug-likeness (QED) is 0.740. The average molecular weight is 389 g/mol. The molecule has 1 aromatic carbocycles. The van der Waals surface area contributed by atoms with E-state index in [1.165, 1.54) is 16.4 Å². The van der Waals surface area contributed by atoms with Crippen LogP contribution in [0.4, 0.5) is 0 Å². The minimum absolute atomic E-state index is 0.0339. The van der Waals surface area contributed by atoms with Crippen molar-refractivity contribution < 1.29 is 8.42 Å². The zero-order chi connectivity index (χ0) is 14.8. The van der Waals surface area contributed by atoms with Crippen LogP contribution in [0.5, 0.6) is 0 Å². The van der Waals surface area contributed by atoms with Crippen LogP contribution in [0, 0.1) is 0 Å². The molecule has 0 aromatic heterocycles. The third-order valence-corrected chi connectivity index (χ3v) is 6.35. The van der Waals surface area contributed by atoms with Crippen molar-refractivity contribution in [3.63, 3.8) is 0 Å². The molecule has 0 fully saturated rings. The molecule has 1 aromatic rings. The van der Waals surface area contributed by atoms with E-state index < -0.39 is 10.0 Å². The van der Waals surface area contributed by atoms with Crippen LogP contribution in [0.1, 0.15) is 26.7 Å². The lowest BCUT2D eigenvalue weighted by Crippen LogP contribution is -2.36. The molecular formula is C12H16BrCl2NO2S. The molecule has 0 saturated carbocycles. The van der Waals surface area contributed by atoms with Crippen LogP contribution >= 0.6 is 39.1 Å². The molecule has 0 aliphatic rings. The van der Waals surface area contributed by atoms with Crippen molar-refractivity contribution in [2.45, 2.75) is 37.6 Å². The molecule has 0 N–H and O–H groups in total. The van der Waals surface area contributed by atoms with Gasteiger partial charge in [0.1, 0.15) is 4.90 Å². The van der Waals surface area contributed by atoms with E-state index in [0.29, 0.717) is 4.47 Å². The van der Waals surface area contributed by atoms with Gasteiger partial charge in [0.15, 0.2) is 0 Å². The standard InChI is InChI=1S/C12H16BrCl2NO2S/c1-4-9(5-2)16(3)19(17,18)12-10(14)6-8(13)7-11(12)15/h6-7,9H,4-5H2,1-3H3. The number of benzene rings is 1. The van der Waals surface area contributed by atoms with Gasteiger partial charge in [-0.2, -0.15) is 4.31 Å². The predicted octanol–water partition coefficient (Wildman–Crippen LogP) is 4.57. The fraction of sp³-hybridized carbons (Fsp3) is 0.500. The molecule has 0 saturated heterocycles. The first-order valence-electron chi connectivity index (χ1n) is 5.88. The number of nitrogens with zero attached hydrogens (tertiary/aromatic N) is 1. The Bertz CT molecular complexity index is 536. The van der Waals surface area contributed by atoms with E-state index in [-0.39, 0.29) is 21.0 Å². The smallest absolute Gasteiger partial charge is 0.207 e. The Kier molecular flexibility index (Phi) is 6.14. The molecule has 0 atom stereocenters. The number of sulfonamides is 1. The summed E-state index contributed by atoms with van der Waals surface area (Å²) in [6, 6.07) is 2.99. The number of hydrogen-bond acceptors (Lipinski definition) is 2. The Morgan fingerprint density at radius 3 is 2.00 bits per heavy atom. The lowest BCUT2D eigenvalue weighted by Gasteiger charge is -2.26. The normalized spacial score (nSPS) is 12.4. The highest BCUT2D eigenvalue weighted by Crippen LogP contribution is 2.35. The maximum Gasteiger partial charge on any atom is 0.246 e. The minimum atomic E-state index is -3.69. The second-order valence-electron chi connectivity index (χ2n) is 4.19. The molecular weight excluding hydrogens is 373 g/mol. The average Bonchev–Trinajstić information content (AvgIpc) is 2.28. The second-order valence-corrected chi connectivity index (χ2v) is 7.85. The van der Waals surface area contributed by atoms with Crippen LogP contribution in [0.15, 0.2) is 21.5 Å². The maximum absolute atomic E-state index is 12.6. The second kappa shape index (κ2) is 6.76. The number of halogens is 3. The zero-order valence-electron chi connectivity index (χ0n) is 11.0. The summed E-state index contributed by atoms with van der Waals surface area (Å²) in [5, 5.41) is 0.245. The van der Waals surface area contributed by atoms with Gasteiger partial charge in [-0.3, -0.25) is 0 Å². The van der Waals surface area contributed by atoms with Crippen molar-refractivity contribution in [3.8, 4) is 0 Å². The van der Waals surface area contributed by atoms with E-state index >= 15 is 0 Å². The lowest BCUT2D eigenvalue weighted by molar-refractivity contribution is 0.350. The Morgan fingerprint density at radius 1 is 1.21 bits per heavy atom. The summed E-state index contributed by atoms with van der Waals surface area (Å²) < 4.78 is 27.2. The summed E-state index contributed by atoms with van der Waals surface area (Å²) in [5.41, 5.74) is 0. The van der Waals surface area contributed by atoms with E-state index in [9.17, 15) is 8.42 Å². The van der Waals surface area contributed by atoms with Gasteiger partial charge in [0.2, 0.25) is 10.0 Å². The molecule has 0 amide bonds. The summed E-state index contributed by atoms with van der Waals surface area (Å²) in [7, 11) is -2.13. The predicted molar refractivity (Wildman–Crippen MR) is 83.5 cm³/mol. The van der Waals surface area contributed by atoms with Gasteiger partial charge in [0.05, 0.1) is 10.0 Å². The highest BCUT2D eigenvalue weighted by Gasteiger charge is 2.30. The van der Waals surface area contributed by atoms with Crippen LogP contribution < -0.4 is 0 Å². The highest BCUT2D eigenvalue weighted by molar-refractivity contribution is 9.10. The molecule has 0 bridgehead atoms. The third kappa shape index (κ3) is 3.64. The molecule has 19 heavy (non-hydrogen) atoms. The van der Waals surface area contributed by atoms with Gasteiger partial charge in [0, 0.05) is 17.6 Å². The Morgan fingerprint density at radius 2 is 1.63 bits per heavy atom. The van der Waals surface area contributed by atoms with Crippen LogP contribution in [0.25, 0.3) is 0 Å². The Hall–Kier alpha value is 0.190. The Labute approximate surface area is 133 Å². The van der Waals surface area contributed by atoms with Gasteiger partial charge >= 0.3 is 0 Å². The molecule has 108 valence electrons. The minimum Gasteiger partial charge on any atom is -0.207 e. The summed E-state index contributed by atoms with van der Waals surface area (Å²) in [5.74, 6) is 0. The fourth-order valence-corrected chi connectivity index (χ4v) is 5.30. The van der Waals surface area contributed by atoms with Gasteiger partial charge in [-0.15, -0.1) is 0 Å². The molecule has 7 heteroatoms. The molecule has 0 spiro atoms. The summed E-state index contributed by atoms with van der Waals surface area (Å²) in [6.07, 6.45) is 1.47. The maximum atomic E-state index is 12.6. The van der Waals surface area contributed by atoms with E-state index in [1.54, 1.807) is 7.05 Å². The first kappa shape index (κ1) is 17.2. The van der Waals surface area contributed by atoms with Crippen molar-refractivity contribution >= 4 is 49.2 Å². The van der Waals surface area contributed by atoms with E-state index in [1.807, 2.05) is 13.8 Å². The molecule has 1 rings (SSSR count). The lowest BCUT2D eigenvalue weighted by atomic mass is 10.2. The monoisotopic (exact) mass is 387 g/mol. The van der Waals surface area contributed by atoms with Crippen LogP contribution in [-0.4, -0.2) is 25.8 Å². The molecule has 0 heterocycles. The molecule has 0 unspecified atom stereocenters. The van der Waals surface area contributed by atoms with Crippen molar-refractivity contribution in [3.05, 3.63) is 26.7 Å². The fourth-order valence-electron chi connectivity index (χ4n) is 1.92. The van der Waals surface area contributed by atoms with Crippen LogP contribution in [-0.2, 0) is 10.0 Å². The van der Waals surface area contributed by atoms with Crippen molar-refractivity contribution in [2.24, 2.45) is 0 Å². The van der Waals surface area contributed by atoms with Gasteiger partial charge in [-0.25, -0.2) is 8.42 Å². The largest absolute Gasteiger partial charge is 0.246 e. The van der Waals surface area contributed by atoms with Gasteiger partial charge in [0.25, 0.3) is 0 Å².